The Morgan fingerprint density at radius 1 is 1.32 bits per heavy atom. The Morgan fingerprint density at radius 3 is 2.85 bits per heavy atom. The largest absolute Gasteiger partial charge is 0.477 e. The lowest BCUT2D eigenvalue weighted by Gasteiger charge is -2.49. The van der Waals surface area contributed by atoms with Crippen molar-refractivity contribution in [3.8, 4) is 0 Å². The van der Waals surface area contributed by atoms with Gasteiger partial charge in [-0.15, -0.1) is 11.8 Å². The van der Waals surface area contributed by atoms with Gasteiger partial charge in [0, 0.05) is 53.5 Å². The van der Waals surface area contributed by atoms with Crippen LogP contribution in [0.1, 0.15) is 13.3 Å². The summed E-state index contributed by atoms with van der Waals surface area (Å²) in [5.74, 6) is -2.38. The van der Waals surface area contributed by atoms with E-state index in [1.165, 1.54) is 18.7 Å². The van der Waals surface area contributed by atoms with Gasteiger partial charge in [-0.25, -0.2) is 4.79 Å². The van der Waals surface area contributed by atoms with Crippen molar-refractivity contribution in [1.29, 1.82) is 0 Å². The van der Waals surface area contributed by atoms with Crippen molar-refractivity contribution in [2.45, 2.75) is 24.8 Å². The first-order valence-electron chi connectivity index (χ1n) is 10.4. The predicted octanol–water partition coefficient (Wildman–Crippen LogP) is 1.99. The Balaban J connectivity index is 1.34. The second-order valence-electron chi connectivity index (χ2n) is 7.69. The number of carboxylic acids is 1. The van der Waals surface area contributed by atoms with Crippen LogP contribution in [0, 0.1) is 0 Å². The third-order valence-electron chi connectivity index (χ3n) is 5.39. The Hall–Kier alpha value is -3.31. The summed E-state index contributed by atoms with van der Waals surface area (Å²) >= 11 is 7.32. The number of benzene rings is 1. The molecule has 1 aromatic carbocycles. The zero-order valence-corrected chi connectivity index (χ0v) is 19.6. The molecule has 2 aliphatic rings. The van der Waals surface area contributed by atoms with Crippen molar-refractivity contribution >= 4 is 63.7 Å². The molecule has 1 fully saturated rings. The lowest BCUT2D eigenvalue weighted by atomic mass is 10.0. The van der Waals surface area contributed by atoms with Crippen LogP contribution in [0.2, 0.25) is 5.02 Å². The summed E-state index contributed by atoms with van der Waals surface area (Å²) in [6.45, 7) is 1.35. The van der Waals surface area contributed by atoms with Crippen molar-refractivity contribution in [2.24, 2.45) is 0 Å². The van der Waals surface area contributed by atoms with Gasteiger partial charge in [0.15, 0.2) is 0 Å². The molecule has 2 amide bonds. The lowest BCUT2D eigenvalue weighted by molar-refractivity contribution is -0.151. The minimum atomic E-state index is -1.28. The summed E-state index contributed by atoms with van der Waals surface area (Å²) in [6.07, 6.45) is 1.75. The fraction of sp³-hybridized carbons (Fsp3) is 0.318. The van der Waals surface area contributed by atoms with E-state index < -0.39 is 29.3 Å². The third kappa shape index (κ3) is 4.80. The van der Waals surface area contributed by atoms with Crippen molar-refractivity contribution in [3.05, 3.63) is 46.8 Å². The van der Waals surface area contributed by atoms with Crippen LogP contribution in [-0.4, -0.2) is 69.1 Å². The number of fused-ring (bicyclic) bond motifs is 2. The number of nitrogens with zero attached hydrogens (tertiary/aromatic N) is 2. The first-order valence-corrected chi connectivity index (χ1v) is 11.8. The molecule has 10 nitrogen and oxygen atoms in total. The molecule has 0 saturated carbocycles. The summed E-state index contributed by atoms with van der Waals surface area (Å²) in [5.41, 5.74) is 1.69. The topological polar surface area (TPSA) is 138 Å². The zero-order valence-electron chi connectivity index (χ0n) is 18.0. The maximum absolute atomic E-state index is 12.7. The van der Waals surface area contributed by atoms with E-state index in [9.17, 15) is 24.3 Å². The number of ether oxygens (including phenoxy) is 1. The number of pyridine rings is 1. The number of hydrogen-bond acceptors (Lipinski definition) is 8. The van der Waals surface area contributed by atoms with Gasteiger partial charge in [-0.1, -0.05) is 11.6 Å². The van der Waals surface area contributed by atoms with E-state index in [4.69, 9.17) is 16.3 Å². The number of halogens is 1. The summed E-state index contributed by atoms with van der Waals surface area (Å²) in [4.78, 5) is 53.4. The van der Waals surface area contributed by atoms with E-state index in [0.29, 0.717) is 17.1 Å². The number of aromatic nitrogens is 1. The van der Waals surface area contributed by atoms with Crippen LogP contribution in [0.25, 0.3) is 10.9 Å². The normalized spacial score (nSPS) is 19.4. The molecule has 4 rings (SSSR count). The van der Waals surface area contributed by atoms with Crippen molar-refractivity contribution in [1.82, 2.24) is 15.2 Å². The Morgan fingerprint density at radius 2 is 2.12 bits per heavy atom. The SMILES string of the molecule is CC(=O)OCC1=C(C(=O)O)N2C(=O)C(NC(=O)CCNc3ccnc4cc(Cl)ccc34)C2SC1. The van der Waals surface area contributed by atoms with Gasteiger partial charge in [0.2, 0.25) is 5.91 Å². The average Bonchev–Trinajstić information content (AvgIpc) is 2.80. The van der Waals surface area contributed by atoms with E-state index in [1.54, 1.807) is 24.4 Å². The van der Waals surface area contributed by atoms with Crippen LogP contribution in [0.15, 0.2) is 41.7 Å². The molecule has 178 valence electrons. The molecule has 2 aliphatic heterocycles. The van der Waals surface area contributed by atoms with Crippen LogP contribution in [-0.2, 0) is 23.9 Å². The molecule has 3 N–H and O–H groups in total. The number of amides is 2. The second-order valence-corrected chi connectivity index (χ2v) is 9.23. The standard InChI is InChI=1S/C22H21ClN4O6S/c1-11(28)33-9-12-10-34-21-18(20(30)27(21)19(12)22(31)32)26-17(29)5-7-24-15-4-6-25-16-8-13(23)2-3-14(15)16/h2-4,6,8,18,21H,5,7,9-10H2,1H3,(H,24,25)(H,26,29)(H,31,32). The van der Waals surface area contributed by atoms with E-state index in [2.05, 4.69) is 15.6 Å². The molecule has 2 atom stereocenters. The van der Waals surface area contributed by atoms with Crippen LogP contribution < -0.4 is 10.6 Å². The number of thioether (sulfide) groups is 1. The molecular weight excluding hydrogens is 484 g/mol. The van der Waals surface area contributed by atoms with Gasteiger partial charge in [-0.3, -0.25) is 24.3 Å². The highest BCUT2D eigenvalue weighted by Crippen LogP contribution is 2.40. The summed E-state index contributed by atoms with van der Waals surface area (Å²) in [6, 6.07) is 6.34. The summed E-state index contributed by atoms with van der Waals surface area (Å²) in [7, 11) is 0. The van der Waals surface area contributed by atoms with Crippen molar-refractivity contribution in [3.63, 3.8) is 0 Å². The maximum atomic E-state index is 12.7. The van der Waals surface area contributed by atoms with E-state index in [1.807, 2.05) is 6.07 Å². The number of nitrogens with one attached hydrogen (secondary N) is 2. The molecule has 12 heteroatoms. The Kier molecular flexibility index (Phi) is 6.94. The number of aliphatic carboxylic acids is 1. The first kappa shape index (κ1) is 23.8. The highest BCUT2D eigenvalue weighted by Gasteiger charge is 2.54. The highest BCUT2D eigenvalue weighted by atomic mass is 35.5. The molecule has 1 saturated heterocycles. The number of carboxylic acid groups (broad SMARTS) is 1. The van der Waals surface area contributed by atoms with Crippen LogP contribution in [0.5, 0.6) is 0 Å². The minimum absolute atomic E-state index is 0.109. The lowest BCUT2D eigenvalue weighted by Crippen LogP contribution is -2.70. The zero-order chi connectivity index (χ0) is 24.4. The number of rotatable bonds is 8. The van der Waals surface area contributed by atoms with Crippen LogP contribution >= 0.6 is 23.4 Å². The summed E-state index contributed by atoms with van der Waals surface area (Å²) < 4.78 is 4.91. The molecule has 1 aromatic heterocycles. The van der Waals surface area contributed by atoms with Crippen molar-refractivity contribution in [2.75, 3.05) is 24.2 Å². The molecule has 0 aliphatic carbocycles. The van der Waals surface area contributed by atoms with E-state index >= 15 is 0 Å². The van der Waals surface area contributed by atoms with Gasteiger partial charge >= 0.3 is 11.9 Å². The van der Waals surface area contributed by atoms with Gasteiger partial charge < -0.3 is 20.5 Å². The van der Waals surface area contributed by atoms with E-state index in [0.717, 1.165) is 21.5 Å². The molecular formula is C22H21ClN4O6S. The molecule has 2 unspecified atom stereocenters. The first-order chi connectivity index (χ1) is 16.3. The van der Waals surface area contributed by atoms with Crippen LogP contribution in [0.4, 0.5) is 5.69 Å². The molecule has 0 spiro atoms. The number of carbonyl (C=O) groups is 4. The van der Waals surface area contributed by atoms with Gasteiger partial charge in [-0.2, -0.15) is 0 Å². The second kappa shape index (κ2) is 9.90. The quantitative estimate of drug-likeness (QED) is 0.364. The predicted molar refractivity (Wildman–Crippen MR) is 126 cm³/mol. The molecule has 0 radical (unpaired) electrons. The molecule has 34 heavy (non-hydrogen) atoms. The summed E-state index contributed by atoms with van der Waals surface area (Å²) in [5, 5.41) is 16.4. The molecule has 0 bridgehead atoms. The smallest absolute Gasteiger partial charge is 0.352 e. The fourth-order valence-electron chi connectivity index (χ4n) is 3.81. The maximum Gasteiger partial charge on any atom is 0.352 e. The Labute approximate surface area is 203 Å². The van der Waals surface area contributed by atoms with E-state index in [-0.39, 0.29) is 30.4 Å². The number of esters is 1. The molecule has 3 heterocycles. The average molecular weight is 505 g/mol. The highest BCUT2D eigenvalue weighted by molar-refractivity contribution is 8.00. The van der Waals surface area contributed by atoms with Gasteiger partial charge in [0.05, 0.1) is 5.52 Å². The third-order valence-corrected chi connectivity index (χ3v) is 6.96. The van der Waals surface area contributed by atoms with Gasteiger partial charge in [0.25, 0.3) is 5.91 Å². The number of carbonyl (C=O) groups excluding carboxylic acids is 3. The Bertz CT molecular complexity index is 1220. The number of β-lactam (4-membered cyclic amide) rings is 1. The van der Waals surface area contributed by atoms with Gasteiger partial charge in [0.1, 0.15) is 23.7 Å². The fourth-order valence-corrected chi connectivity index (χ4v) is 5.31. The number of anilines is 1. The van der Waals surface area contributed by atoms with Gasteiger partial charge in [-0.05, 0) is 24.3 Å². The van der Waals surface area contributed by atoms with Crippen LogP contribution in [0.3, 0.4) is 0 Å². The number of hydrogen-bond donors (Lipinski definition) is 3. The van der Waals surface area contributed by atoms with Crippen molar-refractivity contribution < 1.29 is 29.0 Å². The monoisotopic (exact) mass is 504 g/mol. The minimum Gasteiger partial charge on any atom is -0.477 e. The molecule has 2 aromatic rings.